The number of fused-ring (bicyclic) bond motifs is 1. The molecule has 214 valence electrons. The molecule has 1 aromatic carbocycles. The van der Waals surface area contributed by atoms with Crippen molar-refractivity contribution in [2.75, 3.05) is 5.32 Å². The summed E-state index contributed by atoms with van der Waals surface area (Å²) >= 11 is 5.87. The highest BCUT2D eigenvalue weighted by Crippen LogP contribution is 2.33. The van der Waals surface area contributed by atoms with Crippen LogP contribution >= 0.6 is 11.6 Å². The minimum absolute atomic E-state index is 0.000757. The van der Waals surface area contributed by atoms with E-state index in [2.05, 4.69) is 15.4 Å². The lowest BCUT2D eigenvalue weighted by molar-refractivity contribution is -0.192. The van der Waals surface area contributed by atoms with Crippen molar-refractivity contribution in [2.24, 2.45) is 12.2 Å². The summed E-state index contributed by atoms with van der Waals surface area (Å²) in [6.07, 6.45) is -1.69. The van der Waals surface area contributed by atoms with Crippen LogP contribution in [0, 0.1) is 13.8 Å². The maximum absolute atomic E-state index is 13.2. The topological polar surface area (TPSA) is 170 Å². The molecule has 0 bridgehead atoms. The normalized spacial score (nSPS) is 12.5. The first kappa shape index (κ1) is 30.6. The summed E-state index contributed by atoms with van der Waals surface area (Å²) in [7, 11) is -2.35. The fraction of sp³-hybridized carbons (Fsp3) is 0.250. The third kappa shape index (κ3) is 6.78. The van der Waals surface area contributed by atoms with Crippen molar-refractivity contribution in [2.45, 2.75) is 38.0 Å². The van der Waals surface area contributed by atoms with E-state index in [-0.39, 0.29) is 21.3 Å². The highest BCUT2D eigenvalue weighted by molar-refractivity contribution is 7.89. The summed E-state index contributed by atoms with van der Waals surface area (Å²) in [6.45, 7) is 5.41. The van der Waals surface area contributed by atoms with Crippen LogP contribution in [0.4, 0.5) is 18.9 Å². The van der Waals surface area contributed by atoms with Crippen molar-refractivity contribution in [1.82, 2.24) is 14.8 Å². The molecule has 0 amide bonds. The number of carboxylic acids is 1. The molecule has 3 heterocycles. The molecule has 0 unspecified atom stereocenters. The number of nitrogens with zero attached hydrogens (tertiary/aromatic N) is 3. The number of sulfonamides is 1. The van der Waals surface area contributed by atoms with Crippen LogP contribution in [0.1, 0.15) is 29.7 Å². The quantitative estimate of drug-likeness (QED) is 0.282. The third-order valence-corrected chi connectivity index (χ3v) is 6.60. The van der Waals surface area contributed by atoms with E-state index >= 15 is 0 Å². The Bertz CT molecular complexity index is 1770. The zero-order valence-corrected chi connectivity index (χ0v) is 22.9. The van der Waals surface area contributed by atoms with Gasteiger partial charge in [0.25, 0.3) is 10.0 Å². The Morgan fingerprint density at radius 3 is 2.40 bits per heavy atom. The molecule has 0 fully saturated rings. The lowest BCUT2D eigenvalue weighted by Crippen LogP contribution is -2.21. The molecular weight excluding hydrogens is 579 g/mol. The SMILES string of the molecule is Cc1cc([C@@H](C)Nc2ccc(Cl)nc2S(N)(=O)=O)c2oc(-c3cnn(C)c3)c(C)c(=O)c2c1.O=C(O)C(F)(F)F. The van der Waals surface area contributed by atoms with E-state index in [1.54, 1.807) is 37.1 Å². The summed E-state index contributed by atoms with van der Waals surface area (Å²) < 4.78 is 63.7. The van der Waals surface area contributed by atoms with Crippen molar-refractivity contribution in [3.05, 3.63) is 68.7 Å². The number of carbonyl (C=O) groups is 1. The Morgan fingerprint density at radius 1 is 1.25 bits per heavy atom. The molecule has 0 aliphatic heterocycles. The predicted molar refractivity (Wildman–Crippen MR) is 141 cm³/mol. The molecule has 4 N–H and O–H groups in total. The number of carboxylic acid groups (broad SMARTS) is 1. The zero-order chi connectivity index (χ0) is 30.2. The van der Waals surface area contributed by atoms with Crippen molar-refractivity contribution < 1.29 is 35.9 Å². The van der Waals surface area contributed by atoms with Crippen LogP contribution in [0.2, 0.25) is 5.15 Å². The standard InChI is InChI=1S/C22H22ClN5O4S.C2HF3O2/c1-11-7-15(13(3)26-17-5-6-18(23)27-22(17)33(24,30)31)21-16(8-11)19(29)12(2)20(32-21)14-9-25-28(4)10-14;3-2(4,5)1(6)7/h5-10,13,26H,1-4H3,(H2,24,30,31);(H,6,7)/t13-;/m1./s1. The average molecular weight is 602 g/mol. The van der Waals surface area contributed by atoms with E-state index in [1.807, 2.05) is 19.9 Å². The second kappa shape index (κ2) is 11.3. The Balaban J connectivity index is 0.000000559. The number of aryl methyl sites for hydroxylation is 2. The van der Waals surface area contributed by atoms with E-state index in [4.69, 9.17) is 31.1 Å². The summed E-state index contributed by atoms with van der Waals surface area (Å²) in [4.78, 5) is 26.0. The van der Waals surface area contributed by atoms with Crippen LogP contribution in [-0.4, -0.2) is 40.4 Å². The largest absolute Gasteiger partial charge is 0.490 e. The van der Waals surface area contributed by atoms with E-state index in [9.17, 15) is 26.4 Å². The van der Waals surface area contributed by atoms with E-state index in [1.165, 1.54) is 12.1 Å². The molecule has 0 spiro atoms. The second-order valence-electron chi connectivity index (χ2n) is 8.72. The smallest absolute Gasteiger partial charge is 0.475 e. The van der Waals surface area contributed by atoms with Crippen LogP contribution in [0.25, 0.3) is 22.3 Å². The first-order valence-electron chi connectivity index (χ1n) is 11.2. The lowest BCUT2D eigenvalue weighted by atomic mass is 9.99. The summed E-state index contributed by atoms with van der Waals surface area (Å²) in [5.41, 5.74) is 3.12. The molecule has 40 heavy (non-hydrogen) atoms. The number of aromatic nitrogens is 3. The van der Waals surface area contributed by atoms with Gasteiger partial charge in [0.2, 0.25) is 0 Å². The number of benzene rings is 1. The second-order valence-corrected chi connectivity index (χ2v) is 10.6. The molecule has 11 nitrogen and oxygen atoms in total. The summed E-state index contributed by atoms with van der Waals surface area (Å²) in [5.74, 6) is -2.33. The lowest BCUT2D eigenvalue weighted by Gasteiger charge is -2.19. The van der Waals surface area contributed by atoms with Gasteiger partial charge in [-0.15, -0.1) is 0 Å². The van der Waals surface area contributed by atoms with Crippen molar-refractivity contribution in [3.8, 4) is 11.3 Å². The number of anilines is 1. The molecule has 4 aromatic rings. The number of nitrogens with one attached hydrogen (secondary N) is 1. The fourth-order valence-electron chi connectivity index (χ4n) is 3.76. The number of rotatable bonds is 5. The number of alkyl halides is 3. The van der Waals surface area contributed by atoms with Gasteiger partial charge in [0.05, 0.1) is 28.9 Å². The van der Waals surface area contributed by atoms with Crippen LogP contribution in [0.5, 0.6) is 0 Å². The monoisotopic (exact) mass is 601 g/mol. The Hall–Kier alpha value is -3.95. The van der Waals surface area contributed by atoms with Gasteiger partial charge < -0.3 is 14.8 Å². The van der Waals surface area contributed by atoms with Crippen LogP contribution in [0.3, 0.4) is 0 Å². The molecule has 0 aliphatic carbocycles. The van der Waals surface area contributed by atoms with Gasteiger partial charge in [0.1, 0.15) is 16.5 Å². The number of pyridine rings is 1. The molecule has 3 aromatic heterocycles. The highest BCUT2D eigenvalue weighted by atomic mass is 35.5. The predicted octanol–water partition coefficient (Wildman–Crippen LogP) is 4.31. The number of nitrogens with two attached hydrogens (primary N) is 1. The minimum Gasteiger partial charge on any atom is -0.475 e. The van der Waals surface area contributed by atoms with Crippen molar-refractivity contribution in [3.63, 3.8) is 0 Å². The fourth-order valence-corrected chi connectivity index (χ4v) is 4.62. The number of hydrogen-bond acceptors (Lipinski definition) is 8. The summed E-state index contributed by atoms with van der Waals surface area (Å²) in [5, 5.41) is 19.8. The molecule has 0 saturated carbocycles. The Labute approximate surface area is 230 Å². The average Bonchev–Trinajstić information content (AvgIpc) is 3.27. The number of halogens is 4. The van der Waals surface area contributed by atoms with Crippen molar-refractivity contribution in [1.29, 1.82) is 0 Å². The maximum atomic E-state index is 13.2. The summed E-state index contributed by atoms with van der Waals surface area (Å²) in [6, 6.07) is 6.14. The zero-order valence-electron chi connectivity index (χ0n) is 21.4. The minimum atomic E-state index is -5.08. The van der Waals surface area contributed by atoms with Gasteiger partial charge >= 0.3 is 12.1 Å². The van der Waals surface area contributed by atoms with E-state index in [0.29, 0.717) is 33.4 Å². The van der Waals surface area contributed by atoms with Gasteiger partial charge in [-0.25, -0.2) is 23.3 Å². The molecule has 0 saturated heterocycles. The molecular formula is C24H23ClF3N5O6S. The third-order valence-electron chi connectivity index (χ3n) is 5.54. The van der Waals surface area contributed by atoms with Gasteiger partial charge in [-0.1, -0.05) is 17.7 Å². The number of primary sulfonamides is 1. The Kier molecular flexibility index (Phi) is 8.62. The maximum Gasteiger partial charge on any atom is 0.490 e. The highest BCUT2D eigenvalue weighted by Gasteiger charge is 2.38. The number of hydrogen-bond donors (Lipinski definition) is 3. The van der Waals surface area contributed by atoms with Gasteiger partial charge in [0.15, 0.2) is 10.5 Å². The molecule has 1 atom stereocenters. The molecule has 0 aliphatic rings. The van der Waals surface area contributed by atoms with E-state index in [0.717, 1.165) is 5.56 Å². The first-order valence-corrected chi connectivity index (χ1v) is 13.2. The van der Waals surface area contributed by atoms with Crippen molar-refractivity contribution >= 4 is 44.3 Å². The molecule has 0 radical (unpaired) electrons. The van der Waals surface area contributed by atoms with Gasteiger partial charge in [-0.2, -0.15) is 18.3 Å². The van der Waals surface area contributed by atoms with Gasteiger partial charge in [-0.05, 0) is 44.5 Å². The van der Waals surface area contributed by atoms with Gasteiger partial charge in [0, 0.05) is 24.4 Å². The molecule has 4 rings (SSSR count). The van der Waals surface area contributed by atoms with Crippen LogP contribution < -0.4 is 15.9 Å². The number of aliphatic carboxylic acids is 1. The Morgan fingerprint density at radius 2 is 1.88 bits per heavy atom. The molecule has 16 heteroatoms. The van der Waals surface area contributed by atoms with E-state index < -0.39 is 28.2 Å². The van der Waals surface area contributed by atoms with Gasteiger partial charge in [-0.3, -0.25) is 9.48 Å². The van der Waals surface area contributed by atoms with Crippen LogP contribution in [-0.2, 0) is 21.9 Å². The van der Waals surface area contributed by atoms with Crippen LogP contribution in [0.15, 0.2) is 50.9 Å². The first-order chi connectivity index (χ1) is 18.4.